The van der Waals surface area contributed by atoms with Crippen molar-refractivity contribution >= 4 is 22.0 Å². The van der Waals surface area contributed by atoms with E-state index in [0.29, 0.717) is 22.2 Å². The quantitative estimate of drug-likeness (QED) is 0.437. The molecule has 3 aromatic rings. The van der Waals surface area contributed by atoms with E-state index in [0.717, 1.165) is 0 Å². The summed E-state index contributed by atoms with van der Waals surface area (Å²) in [4.78, 5) is 19.5. The second-order valence-electron chi connectivity index (χ2n) is 8.59. The molecule has 9 nitrogen and oxygen atoms in total. The van der Waals surface area contributed by atoms with E-state index in [-0.39, 0.29) is 29.4 Å². The van der Waals surface area contributed by atoms with Crippen LogP contribution in [0.25, 0.3) is 11.4 Å². The van der Waals surface area contributed by atoms with Crippen molar-refractivity contribution < 1.29 is 28.3 Å². The van der Waals surface area contributed by atoms with Crippen LogP contribution in [0.15, 0.2) is 45.5 Å². The third-order valence-electron chi connectivity index (χ3n) is 4.46. The van der Waals surface area contributed by atoms with Gasteiger partial charge in [-0.05, 0) is 58.1 Å². The first kappa shape index (κ1) is 24.6. The third-order valence-corrected chi connectivity index (χ3v) is 4.90. The molecule has 0 aliphatic carbocycles. The number of nitrogens with two attached hydrogens (primary N) is 1. The van der Waals surface area contributed by atoms with Crippen LogP contribution < -0.4 is 10.5 Å². The van der Waals surface area contributed by atoms with Crippen LogP contribution in [0, 0.1) is 11.2 Å². The Balaban J connectivity index is 1.70. The summed E-state index contributed by atoms with van der Waals surface area (Å²) in [6, 6.07) is 7.82. The van der Waals surface area contributed by atoms with E-state index >= 15 is 0 Å². The van der Waals surface area contributed by atoms with E-state index < -0.39 is 24.1 Å². The molecule has 0 saturated heterocycles. The van der Waals surface area contributed by atoms with Crippen LogP contribution in [0.5, 0.6) is 11.6 Å². The van der Waals surface area contributed by atoms with Gasteiger partial charge in [0.15, 0.2) is 5.82 Å². The maximum absolute atomic E-state index is 13.9. The minimum Gasteiger partial charge on any atom is -0.443 e. The first-order valence-electron chi connectivity index (χ1n) is 10.1. The van der Waals surface area contributed by atoms with Crippen LogP contribution in [0.4, 0.5) is 9.18 Å². The van der Waals surface area contributed by atoms with Gasteiger partial charge in [0.05, 0.1) is 12.5 Å². The second-order valence-corrected chi connectivity index (χ2v) is 9.51. The predicted molar refractivity (Wildman–Crippen MR) is 120 cm³/mol. The summed E-state index contributed by atoms with van der Waals surface area (Å²) in [6.45, 7) is 5.87. The fourth-order valence-corrected chi connectivity index (χ4v) is 3.36. The third kappa shape index (κ3) is 7.22. The summed E-state index contributed by atoms with van der Waals surface area (Å²) in [5.74, 6) is 0.0782. The molecule has 0 bridgehead atoms. The second kappa shape index (κ2) is 10.3. The van der Waals surface area contributed by atoms with E-state index in [9.17, 15) is 14.3 Å². The lowest BCUT2D eigenvalue weighted by Crippen LogP contribution is -2.37. The zero-order valence-electron chi connectivity index (χ0n) is 18.3. The lowest BCUT2D eigenvalue weighted by atomic mass is 9.87. The topological polar surface area (TPSA) is 134 Å². The first-order valence-corrected chi connectivity index (χ1v) is 10.9. The Bertz CT molecular complexity index is 1100. The Hall–Kier alpha value is -3.05. The fraction of sp³-hybridized carbons (Fsp3) is 0.364. The number of pyridine rings is 1. The zero-order valence-corrected chi connectivity index (χ0v) is 19.9. The number of primary amides is 1. The van der Waals surface area contributed by atoms with Crippen molar-refractivity contribution in [1.29, 1.82) is 0 Å². The minimum atomic E-state index is -1.00. The molecule has 1 aromatic carbocycles. The highest BCUT2D eigenvalue weighted by atomic mass is 79.9. The Morgan fingerprint density at radius 2 is 2.00 bits per heavy atom. The molecule has 0 aliphatic heterocycles. The Labute approximate surface area is 198 Å². The van der Waals surface area contributed by atoms with Crippen molar-refractivity contribution in [2.75, 3.05) is 0 Å². The molecule has 0 aliphatic rings. The summed E-state index contributed by atoms with van der Waals surface area (Å²) in [5, 5.41) is 14.4. The van der Waals surface area contributed by atoms with E-state index in [2.05, 4.69) is 31.1 Å². The number of rotatable bonds is 8. The number of carbonyl (C=O) groups is 1. The molecule has 176 valence electrons. The molecule has 33 heavy (non-hydrogen) atoms. The molecule has 2 aromatic heterocycles. The molecule has 0 saturated carbocycles. The molecule has 2 heterocycles. The van der Waals surface area contributed by atoms with Gasteiger partial charge in [-0.2, -0.15) is 4.98 Å². The number of amides is 1. The highest BCUT2D eigenvalue weighted by Gasteiger charge is 2.29. The van der Waals surface area contributed by atoms with Crippen molar-refractivity contribution in [3.8, 4) is 23.0 Å². The molecule has 3 N–H and O–H groups in total. The molecule has 0 radical (unpaired) electrons. The van der Waals surface area contributed by atoms with Gasteiger partial charge in [0, 0.05) is 16.2 Å². The van der Waals surface area contributed by atoms with Gasteiger partial charge in [-0.1, -0.05) is 25.9 Å². The molecular formula is C22H24BrFN4O5. The molecule has 3 rings (SSSR count). The smallest absolute Gasteiger partial charge is 0.404 e. The summed E-state index contributed by atoms with van der Waals surface area (Å²) < 4.78 is 30.2. The minimum absolute atomic E-state index is 0.00287. The summed E-state index contributed by atoms with van der Waals surface area (Å²) >= 11 is 3.14. The average molecular weight is 523 g/mol. The van der Waals surface area contributed by atoms with Crippen molar-refractivity contribution in [3.05, 3.63) is 52.7 Å². The largest absolute Gasteiger partial charge is 0.443 e. The normalized spacial score (nSPS) is 13.4. The SMILES string of the molecule is CC(C)(C)C[C@H](O)[C@H](Cc1nc(-c2ccc(Oc3ncc(Br)cc3F)cc2)no1)OC(N)=O. The van der Waals surface area contributed by atoms with Gasteiger partial charge >= 0.3 is 6.09 Å². The molecular weight excluding hydrogens is 499 g/mol. The van der Waals surface area contributed by atoms with Crippen LogP contribution in [0.1, 0.15) is 33.1 Å². The number of aliphatic hydroxyl groups excluding tert-OH is 1. The van der Waals surface area contributed by atoms with Crippen molar-refractivity contribution in [1.82, 2.24) is 15.1 Å². The van der Waals surface area contributed by atoms with Crippen molar-refractivity contribution in [2.24, 2.45) is 11.1 Å². The molecule has 11 heteroatoms. The Kier molecular flexibility index (Phi) is 7.65. The molecule has 2 atom stereocenters. The van der Waals surface area contributed by atoms with Crippen LogP contribution >= 0.6 is 15.9 Å². The first-order chi connectivity index (χ1) is 15.5. The van der Waals surface area contributed by atoms with Crippen LogP contribution in [0.3, 0.4) is 0 Å². The van der Waals surface area contributed by atoms with Crippen LogP contribution in [-0.4, -0.2) is 38.5 Å². The monoisotopic (exact) mass is 522 g/mol. The highest BCUT2D eigenvalue weighted by Crippen LogP contribution is 2.27. The zero-order chi connectivity index (χ0) is 24.2. The number of ether oxygens (including phenoxy) is 2. The summed E-state index contributed by atoms with van der Waals surface area (Å²) in [5.41, 5.74) is 5.57. The van der Waals surface area contributed by atoms with E-state index in [1.807, 2.05) is 20.8 Å². The number of hydrogen-bond acceptors (Lipinski definition) is 8. The number of benzene rings is 1. The predicted octanol–water partition coefficient (Wildman–Crippen LogP) is 4.63. The maximum Gasteiger partial charge on any atom is 0.404 e. The van der Waals surface area contributed by atoms with Gasteiger partial charge < -0.3 is 24.8 Å². The number of aromatic nitrogens is 3. The van der Waals surface area contributed by atoms with E-state index in [4.69, 9.17) is 19.7 Å². The number of carbonyl (C=O) groups excluding carboxylic acids is 1. The average Bonchev–Trinajstić information content (AvgIpc) is 3.17. The van der Waals surface area contributed by atoms with Gasteiger partial charge in [-0.25, -0.2) is 14.2 Å². The van der Waals surface area contributed by atoms with Crippen LogP contribution in [0.2, 0.25) is 0 Å². The van der Waals surface area contributed by atoms with Gasteiger partial charge in [0.2, 0.25) is 11.7 Å². The molecule has 0 unspecified atom stereocenters. The van der Waals surface area contributed by atoms with E-state index in [1.165, 1.54) is 12.3 Å². The highest BCUT2D eigenvalue weighted by molar-refractivity contribution is 9.10. The molecule has 1 amide bonds. The molecule has 0 spiro atoms. The van der Waals surface area contributed by atoms with Gasteiger partial charge in [0.25, 0.3) is 5.88 Å². The van der Waals surface area contributed by atoms with Crippen LogP contribution in [-0.2, 0) is 11.2 Å². The number of hydrogen-bond donors (Lipinski definition) is 2. The fourth-order valence-electron chi connectivity index (χ4n) is 3.05. The van der Waals surface area contributed by atoms with Gasteiger partial charge in [-0.15, -0.1) is 0 Å². The van der Waals surface area contributed by atoms with Gasteiger partial charge in [0.1, 0.15) is 11.9 Å². The lowest BCUT2D eigenvalue weighted by Gasteiger charge is -2.27. The van der Waals surface area contributed by atoms with Crippen molar-refractivity contribution in [2.45, 2.75) is 45.8 Å². The van der Waals surface area contributed by atoms with Crippen molar-refractivity contribution in [3.63, 3.8) is 0 Å². The lowest BCUT2D eigenvalue weighted by molar-refractivity contribution is -0.0156. The van der Waals surface area contributed by atoms with Gasteiger partial charge in [-0.3, -0.25) is 0 Å². The molecule has 0 fully saturated rings. The summed E-state index contributed by atoms with van der Waals surface area (Å²) in [6.07, 6.45) is -1.08. The number of aliphatic hydroxyl groups is 1. The maximum atomic E-state index is 13.9. The Morgan fingerprint density at radius 3 is 2.61 bits per heavy atom. The standard InChI is InChI=1S/C22H24BrFN4O5/c1-22(2,3)10-16(29)17(32-21(25)30)9-18-27-19(28-33-18)12-4-6-14(7-5-12)31-20-15(24)8-13(23)11-26-20/h4-8,11,16-17,29H,9-10H2,1-3H3,(H2,25,30)/t16-,17-/m0/s1. The number of halogens is 2. The summed E-state index contributed by atoms with van der Waals surface area (Å²) in [7, 11) is 0. The van der Waals surface area contributed by atoms with E-state index in [1.54, 1.807) is 24.3 Å². The number of nitrogens with zero attached hydrogens (tertiary/aromatic N) is 3. The Morgan fingerprint density at radius 1 is 1.30 bits per heavy atom.